The number of para-hydroxylation sites is 1. The predicted octanol–water partition coefficient (Wildman–Crippen LogP) is 2.55. The summed E-state index contributed by atoms with van der Waals surface area (Å²) in [6, 6.07) is 8.71. The maximum atomic E-state index is 8.63. The van der Waals surface area contributed by atoms with Gasteiger partial charge in [0.2, 0.25) is 0 Å². The van der Waals surface area contributed by atoms with Crippen molar-refractivity contribution in [2.75, 3.05) is 0 Å². The molecule has 0 radical (unpaired) electrons. The average Bonchev–Trinajstić information content (AvgIpc) is 1.69. The smallest absolute Gasteiger partial charge is 0.115 e. The fourth-order valence-electron chi connectivity index (χ4n) is 0.428. The minimum atomic E-state index is 0. The number of phenolic OH excluding ortho intramolecular Hbond substituents is 1. The second-order valence-corrected chi connectivity index (χ2v) is 1.34. The zero-order chi connectivity index (χ0) is 5.11. The van der Waals surface area contributed by atoms with Gasteiger partial charge in [-0.3, -0.25) is 0 Å². The first-order valence-corrected chi connectivity index (χ1v) is 2.13. The Bertz CT molecular complexity index is 146. The molecule has 0 aliphatic carbocycles. The molecule has 0 fully saturated rings. The van der Waals surface area contributed by atoms with Gasteiger partial charge in [-0.2, -0.15) is 0 Å². The average molecular weight is 357 g/mol. The van der Waals surface area contributed by atoms with Gasteiger partial charge in [0.05, 0.1) is 0 Å². The number of rotatable bonds is 0. The SMILES string of the molecule is Br.Br.Oc1ccccc1.[Ru]. The van der Waals surface area contributed by atoms with E-state index in [1.54, 1.807) is 24.3 Å². The molecule has 1 rings (SSSR count). The van der Waals surface area contributed by atoms with Gasteiger partial charge in [0.1, 0.15) is 5.75 Å². The van der Waals surface area contributed by atoms with Crippen molar-refractivity contribution in [1.82, 2.24) is 0 Å². The van der Waals surface area contributed by atoms with E-state index in [-0.39, 0.29) is 53.4 Å². The summed E-state index contributed by atoms with van der Waals surface area (Å²) in [6.07, 6.45) is 0. The maximum absolute atomic E-state index is 8.63. The van der Waals surface area contributed by atoms with Crippen LogP contribution in [0, 0.1) is 0 Å². The molecule has 4 heteroatoms. The summed E-state index contributed by atoms with van der Waals surface area (Å²) in [6.45, 7) is 0. The Morgan fingerprint density at radius 3 is 1.50 bits per heavy atom. The van der Waals surface area contributed by atoms with Crippen LogP contribution >= 0.6 is 34.0 Å². The number of halogens is 2. The van der Waals surface area contributed by atoms with Crippen LogP contribution in [0.25, 0.3) is 0 Å². The molecule has 0 spiro atoms. The van der Waals surface area contributed by atoms with E-state index < -0.39 is 0 Å². The molecule has 0 aliphatic rings. The van der Waals surface area contributed by atoms with Crippen LogP contribution in [0.2, 0.25) is 0 Å². The molecule has 0 atom stereocenters. The van der Waals surface area contributed by atoms with Crippen molar-refractivity contribution >= 4 is 34.0 Å². The van der Waals surface area contributed by atoms with Crippen molar-refractivity contribution in [1.29, 1.82) is 0 Å². The molecule has 1 aromatic carbocycles. The van der Waals surface area contributed by atoms with Crippen LogP contribution in [0.15, 0.2) is 30.3 Å². The fourth-order valence-corrected chi connectivity index (χ4v) is 0.428. The molecular weight excluding hydrogens is 349 g/mol. The van der Waals surface area contributed by atoms with Gasteiger partial charge in [-0.15, -0.1) is 34.0 Å². The number of hydrogen-bond donors (Lipinski definition) is 1. The van der Waals surface area contributed by atoms with Crippen molar-refractivity contribution < 1.29 is 24.6 Å². The first-order chi connectivity index (χ1) is 3.39. The van der Waals surface area contributed by atoms with Crippen molar-refractivity contribution in [3.05, 3.63) is 30.3 Å². The molecule has 60 valence electrons. The maximum Gasteiger partial charge on any atom is 0.115 e. The van der Waals surface area contributed by atoms with Gasteiger partial charge < -0.3 is 5.11 Å². The van der Waals surface area contributed by atoms with Crippen molar-refractivity contribution in [2.45, 2.75) is 0 Å². The van der Waals surface area contributed by atoms with Crippen molar-refractivity contribution in [3.8, 4) is 5.75 Å². The van der Waals surface area contributed by atoms with Gasteiger partial charge in [-0.1, -0.05) is 18.2 Å². The number of benzene rings is 1. The summed E-state index contributed by atoms with van der Waals surface area (Å²) < 4.78 is 0. The molecule has 0 heterocycles. The third-order valence-corrected chi connectivity index (χ3v) is 0.756. The number of hydrogen-bond acceptors (Lipinski definition) is 1. The number of aromatic hydroxyl groups is 1. The summed E-state index contributed by atoms with van der Waals surface area (Å²) in [5.74, 6) is 0.322. The van der Waals surface area contributed by atoms with Crippen molar-refractivity contribution in [3.63, 3.8) is 0 Å². The zero-order valence-electron chi connectivity index (χ0n) is 5.00. The Morgan fingerprint density at radius 2 is 1.30 bits per heavy atom. The van der Waals surface area contributed by atoms with E-state index in [1.807, 2.05) is 6.07 Å². The minimum Gasteiger partial charge on any atom is -0.508 e. The van der Waals surface area contributed by atoms with Gasteiger partial charge >= 0.3 is 0 Å². The zero-order valence-corrected chi connectivity index (χ0v) is 10.2. The van der Waals surface area contributed by atoms with Gasteiger partial charge in [-0.25, -0.2) is 0 Å². The third-order valence-electron chi connectivity index (χ3n) is 0.756. The summed E-state index contributed by atoms with van der Waals surface area (Å²) in [7, 11) is 0. The van der Waals surface area contributed by atoms with Crippen LogP contribution in [0.5, 0.6) is 5.75 Å². The Hall–Kier alpha value is 0.603. The van der Waals surface area contributed by atoms with Crippen LogP contribution in [0.1, 0.15) is 0 Å². The first-order valence-electron chi connectivity index (χ1n) is 2.13. The second-order valence-electron chi connectivity index (χ2n) is 1.34. The Labute approximate surface area is 94.1 Å². The number of phenols is 1. The van der Waals surface area contributed by atoms with E-state index >= 15 is 0 Å². The van der Waals surface area contributed by atoms with Gasteiger partial charge in [-0.05, 0) is 12.1 Å². The largest absolute Gasteiger partial charge is 0.508 e. The van der Waals surface area contributed by atoms with E-state index in [0.29, 0.717) is 5.75 Å². The molecule has 0 amide bonds. The van der Waals surface area contributed by atoms with Crippen LogP contribution in [-0.4, -0.2) is 5.11 Å². The molecule has 10 heavy (non-hydrogen) atoms. The molecule has 1 N–H and O–H groups in total. The molecule has 0 aliphatic heterocycles. The molecule has 1 nitrogen and oxygen atoms in total. The van der Waals surface area contributed by atoms with E-state index in [9.17, 15) is 0 Å². The van der Waals surface area contributed by atoms with E-state index in [0.717, 1.165) is 0 Å². The monoisotopic (exact) mass is 356 g/mol. The molecule has 0 aromatic heterocycles. The van der Waals surface area contributed by atoms with E-state index in [4.69, 9.17) is 5.11 Å². The molecule has 0 bridgehead atoms. The van der Waals surface area contributed by atoms with Gasteiger partial charge in [0.25, 0.3) is 0 Å². The van der Waals surface area contributed by atoms with E-state index in [2.05, 4.69) is 0 Å². The third kappa shape index (κ3) is 6.72. The molecule has 1 aromatic rings. The van der Waals surface area contributed by atoms with Gasteiger partial charge in [0, 0.05) is 19.5 Å². The van der Waals surface area contributed by atoms with Gasteiger partial charge in [0.15, 0.2) is 0 Å². The first kappa shape index (κ1) is 16.9. The normalized spacial score (nSPS) is 6.00. The predicted molar refractivity (Wildman–Crippen MR) is 48.8 cm³/mol. The molecule has 0 saturated heterocycles. The molecule has 0 saturated carbocycles. The van der Waals surface area contributed by atoms with Crippen LogP contribution < -0.4 is 0 Å². The van der Waals surface area contributed by atoms with E-state index in [1.165, 1.54) is 0 Å². The molecule has 0 unspecified atom stereocenters. The quantitative estimate of drug-likeness (QED) is 0.708. The minimum absolute atomic E-state index is 0. The van der Waals surface area contributed by atoms with Crippen molar-refractivity contribution in [2.24, 2.45) is 0 Å². The standard InChI is InChI=1S/C6H6O.2BrH.Ru/c7-6-4-2-1-3-5-6;;;/h1-5,7H;2*1H;. The summed E-state index contributed by atoms with van der Waals surface area (Å²) in [4.78, 5) is 0. The van der Waals surface area contributed by atoms with Crippen LogP contribution in [0.3, 0.4) is 0 Å². The van der Waals surface area contributed by atoms with Crippen LogP contribution in [-0.2, 0) is 19.5 Å². The Balaban J connectivity index is -0.000000163. The fraction of sp³-hybridized carbons (Fsp3) is 0. The Morgan fingerprint density at radius 1 is 0.900 bits per heavy atom. The Kier molecular flexibility index (Phi) is 16.2. The summed E-state index contributed by atoms with van der Waals surface area (Å²) in [5, 5.41) is 8.63. The van der Waals surface area contributed by atoms with Crippen LogP contribution in [0.4, 0.5) is 0 Å². The topological polar surface area (TPSA) is 20.2 Å². The second kappa shape index (κ2) is 9.60. The summed E-state index contributed by atoms with van der Waals surface area (Å²) in [5.41, 5.74) is 0. The molecular formula is C6H8Br2ORu. The summed E-state index contributed by atoms with van der Waals surface area (Å²) >= 11 is 0.